The normalized spacial score (nSPS) is 18.4. The number of nitrogens with one attached hydrogen (secondary N) is 1. The summed E-state index contributed by atoms with van der Waals surface area (Å²) >= 11 is 0. The first-order chi connectivity index (χ1) is 13.5. The lowest BCUT2D eigenvalue weighted by molar-refractivity contribution is -0.134. The quantitative estimate of drug-likeness (QED) is 0.871. The van der Waals surface area contributed by atoms with Crippen molar-refractivity contribution in [2.75, 3.05) is 13.1 Å². The van der Waals surface area contributed by atoms with Crippen molar-refractivity contribution in [3.63, 3.8) is 0 Å². The lowest BCUT2D eigenvalue weighted by Crippen LogP contribution is -2.49. The molecule has 28 heavy (non-hydrogen) atoms. The Kier molecular flexibility index (Phi) is 4.59. The molecule has 0 aromatic carbocycles. The lowest BCUT2D eigenvalue weighted by Gasteiger charge is -2.33. The number of piperidine rings is 1. The predicted octanol–water partition coefficient (Wildman–Crippen LogP) is 1.66. The molecular formula is C20H22N6O2. The monoisotopic (exact) mass is 378 g/mol. The second-order valence-corrected chi connectivity index (χ2v) is 7.68. The van der Waals surface area contributed by atoms with Gasteiger partial charge in [-0.1, -0.05) is 0 Å². The Bertz CT molecular complexity index is 928. The van der Waals surface area contributed by atoms with Crippen LogP contribution in [0.3, 0.4) is 0 Å². The van der Waals surface area contributed by atoms with Crippen molar-refractivity contribution in [2.24, 2.45) is 5.41 Å². The standard InChI is InChI=1S/C20H22N6O2/c1-14(19(28)25-10-7-20(5-6-20)8-11-25)23-18(27)15-2-3-17(22-13-15)26-9-4-16(12-21)24-26/h2-4,9,13-14H,5-8,10-11H2,1H3,(H,23,27). The van der Waals surface area contributed by atoms with E-state index in [2.05, 4.69) is 15.4 Å². The Hall–Kier alpha value is -3.21. The van der Waals surface area contributed by atoms with Gasteiger partial charge in [0.25, 0.3) is 5.91 Å². The highest BCUT2D eigenvalue weighted by atomic mass is 16.2. The minimum atomic E-state index is -0.579. The topological polar surface area (TPSA) is 104 Å². The molecule has 2 amide bonds. The van der Waals surface area contributed by atoms with E-state index < -0.39 is 6.04 Å². The number of amides is 2. The highest BCUT2D eigenvalue weighted by Gasteiger charge is 2.45. The van der Waals surface area contributed by atoms with Crippen LogP contribution in [0, 0.1) is 16.7 Å². The number of nitriles is 1. The van der Waals surface area contributed by atoms with Crippen LogP contribution in [-0.4, -0.2) is 50.6 Å². The van der Waals surface area contributed by atoms with Crippen LogP contribution in [0.25, 0.3) is 5.82 Å². The molecule has 1 aliphatic carbocycles. The van der Waals surface area contributed by atoms with Gasteiger partial charge in [-0.2, -0.15) is 10.4 Å². The minimum absolute atomic E-state index is 0.0333. The van der Waals surface area contributed by atoms with Crippen LogP contribution in [0.1, 0.15) is 48.7 Å². The van der Waals surface area contributed by atoms with Crippen molar-refractivity contribution in [1.82, 2.24) is 25.0 Å². The number of hydrogen-bond donors (Lipinski definition) is 1. The Labute approximate surface area is 163 Å². The zero-order chi connectivity index (χ0) is 19.7. The van der Waals surface area contributed by atoms with Crippen LogP contribution in [-0.2, 0) is 4.79 Å². The van der Waals surface area contributed by atoms with Crippen molar-refractivity contribution in [3.8, 4) is 11.9 Å². The fourth-order valence-corrected chi connectivity index (χ4v) is 3.66. The van der Waals surface area contributed by atoms with Gasteiger partial charge in [-0.15, -0.1) is 0 Å². The number of carbonyl (C=O) groups excluding carboxylic acids is 2. The second kappa shape index (κ2) is 7.08. The van der Waals surface area contributed by atoms with Gasteiger partial charge >= 0.3 is 0 Å². The molecule has 2 aromatic heterocycles. The molecule has 2 fully saturated rings. The van der Waals surface area contributed by atoms with Gasteiger partial charge in [0.1, 0.15) is 12.1 Å². The molecule has 1 spiro atoms. The Morgan fingerprint density at radius 2 is 1.96 bits per heavy atom. The number of hydrogen-bond acceptors (Lipinski definition) is 5. The Morgan fingerprint density at radius 3 is 2.54 bits per heavy atom. The molecule has 8 heteroatoms. The first-order valence-electron chi connectivity index (χ1n) is 9.52. The molecule has 0 radical (unpaired) electrons. The number of pyridine rings is 1. The van der Waals surface area contributed by atoms with Crippen molar-refractivity contribution >= 4 is 11.8 Å². The summed E-state index contributed by atoms with van der Waals surface area (Å²) in [6, 6.07) is 6.23. The predicted molar refractivity (Wildman–Crippen MR) is 100 cm³/mol. The van der Waals surface area contributed by atoms with Crippen LogP contribution in [0.5, 0.6) is 0 Å². The van der Waals surface area contributed by atoms with Crippen molar-refractivity contribution < 1.29 is 9.59 Å². The zero-order valence-electron chi connectivity index (χ0n) is 15.8. The van der Waals surface area contributed by atoms with E-state index in [4.69, 9.17) is 5.26 Å². The molecule has 0 bridgehead atoms. The molecule has 2 aromatic rings. The van der Waals surface area contributed by atoms with Gasteiger partial charge in [-0.25, -0.2) is 9.67 Å². The SMILES string of the molecule is CC(NC(=O)c1ccc(-n2ccc(C#N)n2)nc1)C(=O)N1CCC2(CC1)CC2. The molecule has 3 heterocycles. The maximum atomic E-state index is 12.6. The molecule has 2 aliphatic rings. The summed E-state index contributed by atoms with van der Waals surface area (Å²) in [7, 11) is 0. The van der Waals surface area contributed by atoms with E-state index in [1.54, 1.807) is 31.3 Å². The van der Waals surface area contributed by atoms with Gasteiger partial charge in [0, 0.05) is 25.5 Å². The summed E-state index contributed by atoms with van der Waals surface area (Å²) in [5, 5.41) is 15.7. The average molecular weight is 378 g/mol. The largest absolute Gasteiger partial charge is 0.341 e. The summed E-state index contributed by atoms with van der Waals surface area (Å²) < 4.78 is 1.47. The average Bonchev–Trinajstić information content (AvgIpc) is 3.29. The van der Waals surface area contributed by atoms with Crippen molar-refractivity contribution in [3.05, 3.63) is 41.9 Å². The van der Waals surface area contributed by atoms with E-state index in [1.807, 2.05) is 11.0 Å². The van der Waals surface area contributed by atoms with Gasteiger partial charge in [-0.3, -0.25) is 9.59 Å². The van der Waals surface area contributed by atoms with E-state index in [0.29, 0.717) is 22.5 Å². The molecule has 1 atom stereocenters. The molecular weight excluding hydrogens is 356 g/mol. The summed E-state index contributed by atoms with van der Waals surface area (Å²) in [6.07, 6.45) is 7.80. The summed E-state index contributed by atoms with van der Waals surface area (Å²) in [5.74, 6) is 0.132. The van der Waals surface area contributed by atoms with Crippen LogP contribution >= 0.6 is 0 Å². The zero-order valence-corrected chi connectivity index (χ0v) is 15.8. The van der Waals surface area contributed by atoms with Crippen molar-refractivity contribution in [2.45, 2.75) is 38.6 Å². The minimum Gasteiger partial charge on any atom is -0.341 e. The number of rotatable bonds is 4. The first-order valence-corrected chi connectivity index (χ1v) is 9.52. The number of nitrogens with zero attached hydrogens (tertiary/aromatic N) is 5. The lowest BCUT2D eigenvalue weighted by atomic mass is 9.93. The molecule has 1 aliphatic heterocycles. The van der Waals surface area contributed by atoms with Crippen LogP contribution in [0.15, 0.2) is 30.6 Å². The summed E-state index contributed by atoms with van der Waals surface area (Å²) in [6.45, 7) is 3.28. The molecule has 1 N–H and O–H groups in total. The highest BCUT2D eigenvalue weighted by molar-refractivity contribution is 5.97. The Balaban J connectivity index is 1.35. The Morgan fingerprint density at radius 1 is 1.21 bits per heavy atom. The fraction of sp³-hybridized carbons (Fsp3) is 0.450. The van der Waals surface area contributed by atoms with E-state index in [1.165, 1.54) is 23.7 Å². The maximum absolute atomic E-state index is 12.6. The molecule has 4 rings (SSSR count). The third-order valence-corrected chi connectivity index (χ3v) is 5.76. The third-order valence-electron chi connectivity index (χ3n) is 5.76. The molecule has 1 saturated heterocycles. The molecule has 1 saturated carbocycles. The molecule has 8 nitrogen and oxygen atoms in total. The van der Waals surface area contributed by atoms with E-state index in [-0.39, 0.29) is 11.8 Å². The van der Waals surface area contributed by atoms with Gasteiger partial charge in [0.2, 0.25) is 5.91 Å². The summed E-state index contributed by atoms with van der Waals surface area (Å²) in [5.41, 5.74) is 1.17. The van der Waals surface area contributed by atoms with Crippen LogP contribution < -0.4 is 5.32 Å². The van der Waals surface area contributed by atoms with Crippen LogP contribution in [0.2, 0.25) is 0 Å². The van der Waals surface area contributed by atoms with Gasteiger partial charge in [-0.05, 0) is 56.2 Å². The van der Waals surface area contributed by atoms with Gasteiger partial charge in [0.05, 0.1) is 5.56 Å². The van der Waals surface area contributed by atoms with E-state index >= 15 is 0 Å². The van der Waals surface area contributed by atoms with Gasteiger partial charge < -0.3 is 10.2 Å². The maximum Gasteiger partial charge on any atom is 0.253 e. The van der Waals surface area contributed by atoms with E-state index in [9.17, 15) is 9.59 Å². The number of carbonyl (C=O) groups is 2. The van der Waals surface area contributed by atoms with E-state index in [0.717, 1.165) is 25.9 Å². The number of aromatic nitrogens is 3. The van der Waals surface area contributed by atoms with Crippen LogP contribution in [0.4, 0.5) is 0 Å². The molecule has 1 unspecified atom stereocenters. The van der Waals surface area contributed by atoms with Gasteiger partial charge in [0.15, 0.2) is 11.5 Å². The van der Waals surface area contributed by atoms with Crippen molar-refractivity contribution in [1.29, 1.82) is 5.26 Å². The number of likely N-dealkylation sites (tertiary alicyclic amines) is 1. The highest BCUT2D eigenvalue weighted by Crippen LogP contribution is 2.53. The summed E-state index contributed by atoms with van der Waals surface area (Å²) in [4.78, 5) is 31.2. The molecule has 144 valence electrons. The first kappa shape index (κ1) is 18.2. The smallest absolute Gasteiger partial charge is 0.253 e. The fourth-order valence-electron chi connectivity index (χ4n) is 3.66. The second-order valence-electron chi connectivity index (χ2n) is 7.68. The third kappa shape index (κ3) is 3.60.